The first-order valence-corrected chi connectivity index (χ1v) is 7.88. The maximum atomic E-state index is 12.8. The lowest BCUT2D eigenvalue weighted by Gasteiger charge is -2.30. The van der Waals surface area contributed by atoms with Gasteiger partial charge in [0.25, 0.3) is 5.91 Å². The van der Waals surface area contributed by atoms with Crippen LogP contribution in [-0.2, 0) is 0 Å². The summed E-state index contributed by atoms with van der Waals surface area (Å²) in [6, 6.07) is 11.9. The van der Waals surface area contributed by atoms with Crippen LogP contribution < -0.4 is 4.74 Å². The molecule has 0 saturated carbocycles. The third-order valence-electron chi connectivity index (χ3n) is 4.34. The molecule has 4 heteroatoms. The van der Waals surface area contributed by atoms with Gasteiger partial charge in [0.05, 0.1) is 13.2 Å². The van der Waals surface area contributed by atoms with Gasteiger partial charge in [-0.05, 0) is 42.7 Å². The quantitative estimate of drug-likeness (QED) is 0.937. The fourth-order valence-electron chi connectivity index (χ4n) is 3.14. The molecule has 0 spiro atoms. The summed E-state index contributed by atoms with van der Waals surface area (Å²) < 4.78 is 5.23. The van der Waals surface area contributed by atoms with Crippen molar-refractivity contribution in [1.29, 1.82) is 0 Å². The minimum absolute atomic E-state index is 0.0905. The Hall–Kier alpha value is -2.23. The Kier molecular flexibility index (Phi) is 4.47. The average Bonchev–Trinajstić information content (AvgIpc) is 2.99. The summed E-state index contributed by atoms with van der Waals surface area (Å²) in [6.45, 7) is 0.814. The molecule has 1 saturated heterocycles. The maximum absolute atomic E-state index is 12.8. The maximum Gasteiger partial charge on any atom is 0.270 e. The zero-order chi connectivity index (χ0) is 15.4. The molecule has 116 valence electrons. The number of ether oxygens (including phenoxy) is 1. The Balaban J connectivity index is 1.88. The number of rotatable bonds is 3. The Morgan fingerprint density at radius 2 is 2.00 bits per heavy atom. The summed E-state index contributed by atoms with van der Waals surface area (Å²) in [4.78, 5) is 17.8. The molecule has 0 unspecified atom stereocenters. The molecule has 1 aromatic carbocycles. The van der Waals surface area contributed by atoms with Crippen molar-refractivity contribution < 1.29 is 9.53 Å². The molecule has 1 aliphatic rings. The zero-order valence-electron chi connectivity index (χ0n) is 12.9. The second-order valence-electron chi connectivity index (χ2n) is 5.72. The van der Waals surface area contributed by atoms with Gasteiger partial charge >= 0.3 is 0 Å². The molecule has 1 fully saturated rings. The van der Waals surface area contributed by atoms with Gasteiger partial charge in [-0.15, -0.1) is 0 Å². The van der Waals surface area contributed by atoms with Crippen LogP contribution in [0.4, 0.5) is 0 Å². The van der Waals surface area contributed by atoms with Crippen molar-refractivity contribution in [3.63, 3.8) is 0 Å². The van der Waals surface area contributed by atoms with Crippen LogP contribution in [0.3, 0.4) is 0 Å². The van der Waals surface area contributed by atoms with Crippen molar-refractivity contribution in [2.45, 2.75) is 31.7 Å². The number of amides is 1. The van der Waals surface area contributed by atoms with E-state index in [9.17, 15) is 4.79 Å². The lowest BCUT2D eigenvalue weighted by atomic mass is 10.0. The molecule has 0 bridgehead atoms. The third kappa shape index (κ3) is 3.01. The van der Waals surface area contributed by atoms with Crippen molar-refractivity contribution in [1.82, 2.24) is 9.88 Å². The van der Waals surface area contributed by atoms with Crippen molar-refractivity contribution >= 4 is 5.91 Å². The van der Waals surface area contributed by atoms with Gasteiger partial charge in [0.15, 0.2) is 0 Å². The van der Waals surface area contributed by atoms with E-state index in [1.165, 1.54) is 12.0 Å². The van der Waals surface area contributed by atoms with Gasteiger partial charge < -0.3 is 14.6 Å². The number of carbonyl (C=O) groups excluding carboxylic acids is 1. The van der Waals surface area contributed by atoms with Crippen LogP contribution in [0.5, 0.6) is 5.75 Å². The van der Waals surface area contributed by atoms with E-state index < -0.39 is 0 Å². The highest BCUT2D eigenvalue weighted by Gasteiger charge is 2.27. The van der Waals surface area contributed by atoms with Gasteiger partial charge in [-0.25, -0.2) is 0 Å². The molecular formula is C18H22N2O2. The molecule has 1 N–H and O–H groups in total. The molecule has 0 radical (unpaired) electrons. The normalized spacial score (nSPS) is 18.8. The smallest absolute Gasteiger partial charge is 0.270 e. The molecule has 1 aliphatic heterocycles. The topological polar surface area (TPSA) is 45.3 Å². The fraction of sp³-hybridized carbons (Fsp3) is 0.389. The van der Waals surface area contributed by atoms with Gasteiger partial charge in [0, 0.05) is 12.7 Å². The third-order valence-corrected chi connectivity index (χ3v) is 4.34. The van der Waals surface area contributed by atoms with Gasteiger partial charge in [-0.2, -0.15) is 0 Å². The van der Waals surface area contributed by atoms with Crippen LogP contribution in [-0.4, -0.2) is 29.4 Å². The Bertz CT molecular complexity index is 605. The standard InChI is InChI=1S/C18H22N2O2/c1-22-15-10-8-14(9-11-15)17-7-3-2-4-13-20(17)18(21)16-6-5-12-19-16/h5-6,8-12,17,19H,2-4,7,13H2,1H3/t17-/m1/s1. The number of benzene rings is 1. The summed E-state index contributed by atoms with van der Waals surface area (Å²) in [6.07, 6.45) is 6.22. The van der Waals surface area contributed by atoms with Crippen LogP contribution in [0.2, 0.25) is 0 Å². The van der Waals surface area contributed by atoms with Crippen molar-refractivity contribution in [3.05, 3.63) is 53.9 Å². The van der Waals surface area contributed by atoms with E-state index in [1.54, 1.807) is 13.3 Å². The van der Waals surface area contributed by atoms with Crippen LogP contribution in [0.1, 0.15) is 47.8 Å². The number of aromatic nitrogens is 1. The van der Waals surface area contributed by atoms with E-state index in [0.717, 1.165) is 31.6 Å². The minimum atomic E-state index is 0.0905. The van der Waals surface area contributed by atoms with E-state index in [-0.39, 0.29) is 11.9 Å². The number of methoxy groups -OCH3 is 1. The minimum Gasteiger partial charge on any atom is -0.497 e. The predicted octanol–water partition coefficient (Wildman–Crippen LogP) is 3.78. The summed E-state index contributed by atoms with van der Waals surface area (Å²) >= 11 is 0. The van der Waals surface area contributed by atoms with E-state index in [0.29, 0.717) is 5.69 Å². The van der Waals surface area contributed by atoms with E-state index in [2.05, 4.69) is 17.1 Å². The molecule has 2 aromatic rings. The van der Waals surface area contributed by atoms with Gasteiger partial charge in [-0.1, -0.05) is 25.0 Å². The SMILES string of the molecule is COc1ccc([C@H]2CCCCCN2C(=O)c2ccc[nH]2)cc1. The number of likely N-dealkylation sites (tertiary alicyclic amines) is 1. The Morgan fingerprint density at radius 1 is 1.18 bits per heavy atom. The highest BCUT2D eigenvalue weighted by Crippen LogP contribution is 2.32. The average molecular weight is 298 g/mol. The molecule has 4 nitrogen and oxygen atoms in total. The van der Waals surface area contributed by atoms with Gasteiger partial charge in [0.2, 0.25) is 0 Å². The molecule has 1 aromatic heterocycles. The summed E-state index contributed by atoms with van der Waals surface area (Å²) in [5.41, 5.74) is 1.85. The first kappa shape index (κ1) is 14.7. The second kappa shape index (κ2) is 6.69. The number of hydrogen-bond donors (Lipinski definition) is 1. The first-order valence-electron chi connectivity index (χ1n) is 7.88. The Labute approximate surface area is 131 Å². The van der Waals surface area contributed by atoms with Crippen LogP contribution >= 0.6 is 0 Å². The fourth-order valence-corrected chi connectivity index (χ4v) is 3.14. The van der Waals surface area contributed by atoms with Gasteiger partial charge in [0.1, 0.15) is 11.4 Å². The highest BCUT2D eigenvalue weighted by molar-refractivity contribution is 5.92. The molecule has 2 heterocycles. The molecule has 3 rings (SSSR count). The molecular weight excluding hydrogens is 276 g/mol. The van der Waals surface area contributed by atoms with Crippen LogP contribution in [0, 0.1) is 0 Å². The van der Waals surface area contributed by atoms with Crippen molar-refractivity contribution in [3.8, 4) is 5.75 Å². The lowest BCUT2D eigenvalue weighted by Crippen LogP contribution is -2.35. The number of aromatic amines is 1. The number of nitrogens with zero attached hydrogens (tertiary/aromatic N) is 1. The number of nitrogens with one attached hydrogen (secondary N) is 1. The first-order chi connectivity index (χ1) is 10.8. The summed E-state index contributed by atoms with van der Waals surface area (Å²) in [5.74, 6) is 0.937. The van der Waals surface area contributed by atoms with Crippen LogP contribution in [0.15, 0.2) is 42.6 Å². The highest BCUT2D eigenvalue weighted by atomic mass is 16.5. The number of hydrogen-bond acceptors (Lipinski definition) is 2. The number of carbonyl (C=O) groups is 1. The van der Waals surface area contributed by atoms with Gasteiger partial charge in [-0.3, -0.25) is 4.79 Å². The predicted molar refractivity (Wildman–Crippen MR) is 86.0 cm³/mol. The van der Waals surface area contributed by atoms with Crippen molar-refractivity contribution in [2.75, 3.05) is 13.7 Å². The second-order valence-corrected chi connectivity index (χ2v) is 5.72. The van der Waals surface area contributed by atoms with E-state index in [4.69, 9.17) is 4.74 Å². The summed E-state index contributed by atoms with van der Waals surface area (Å²) in [7, 11) is 1.67. The molecule has 22 heavy (non-hydrogen) atoms. The monoisotopic (exact) mass is 298 g/mol. The van der Waals surface area contributed by atoms with Crippen LogP contribution in [0.25, 0.3) is 0 Å². The zero-order valence-corrected chi connectivity index (χ0v) is 12.9. The molecule has 0 aliphatic carbocycles. The number of H-pyrrole nitrogens is 1. The lowest BCUT2D eigenvalue weighted by molar-refractivity contribution is 0.0675. The molecule has 1 atom stereocenters. The van der Waals surface area contributed by atoms with E-state index in [1.807, 2.05) is 29.2 Å². The molecule has 1 amide bonds. The largest absolute Gasteiger partial charge is 0.497 e. The van der Waals surface area contributed by atoms with Crippen molar-refractivity contribution in [2.24, 2.45) is 0 Å². The summed E-state index contributed by atoms with van der Waals surface area (Å²) in [5, 5.41) is 0. The Morgan fingerprint density at radius 3 is 2.68 bits per heavy atom. The van der Waals surface area contributed by atoms with E-state index >= 15 is 0 Å².